The maximum Gasteiger partial charge on any atom is 0.261 e. The summed E-state index contributed by atoms with van der Waals surface area (Å²) in [6.07, 6.45) is 1.62. The molecule has 0 saturated carbocycles. The van der Waals surface area contributed by atoms with Crippen LogP contribution in [0.25, 0.3) is 10.9 Å². The van der Waals surface area contributed by atoms with Crippen molar-refractivity contribution in [1.82, 2.24) is 9.55 Å². The number of fused-ring (bicyclic) bond motifs is 1. The van der Waals surface area contributed by atoms with Crippen LogP contribution in [0.3, 0.4) is 0 Å². The van der Waals surface area contributed by atoms with Crippen molar-refractivity contribution >= 4 is 19.0 Å². The molecule has 0 aliphatic carbocycles. The van der Waals surface area contributed by atoms with Crippen LogP contribution >= 0.6 is 0 Å². The Balaban J connectivity index is 2.03. The highest BCUT2D eigenvalue weighted by Crippen LogP contribution is 2.10. The van der Waals surface area contributed by atoms with Crippen LogP contribution in [0.2, 0.25) is 19.6 Å². The van der Waals surface area contributed by atoms with Gasteiger partial charge in [-0.3, -0.25) is 9.36 Å². The Bertz CT molecular complexity index is 989. The summed E-state index contributed by atoms with van der Waals surface area (Å²) in [5.74, 6) is 3.21. The standard InChI is InChI=1S/C20H20N2OSi/c1-24(2,3)12-11-16-9-10-19-18(13-16)20(23)22(15-21-19)14-17-7-5-4-6-8-17/h4-10,13,15H,14H2,1-3H3. The highest BCUT2D eigenvalue weighted by atomic mass is 28.3. The van der Waals surface area contributed by atoms with Crippen LogP contribution < -0.4 is 5.56 Å². The zero-order chi connectivity index (χ0) is 17.2. The van der Waals surface area contributed by atoms with Crippen molar-refractivity contribution in [3.05, 3.63) is 76.3 Å². The summed E-state index contributed by atoms with van der Waals surface area (Å²) in [6.45, 7) is 7.13. The monoisotopic (exact) mass is 332 g/mol. The molecule has 0 unspecified atom stereocenters. The fourth-order valence-corrected chi connectivity index (χ4v) is 2.91. The smallest absolute Gasteiger partial charge is 0.261 e. The molecule has 24 heavy (non-hydrogen) atoms. The second-order valence-corrected chi connectivity index (χ2v) is 11.6. The highest BCUT2D eigenvalue weighted by molar-refractivity contribution is 6.83. The lowest BCUT2D eigenvalue weighted by Gasteiger charge is -2.07. The maximum atomic E-state index is 12.8. The summed E-state index contributed by atoms with van der Waals surface area (Å²) in [4.78, 5) is 17.2. The van der Waals surface area contributed by atoms with Crippen molar-refractivity contribution in [2.75, 3.05) is 0 Å². The van der Waals surface area contributed by atoms with E-state index in [1.165, 1.54) is 0 Å². The van der Waals surface area contributed by atoms with E-state index in [9.17, 15) is 4.79 Å². The molecule has 4 heteroatoms. The SMILES string of the molecule is C[Si](C)(C)C#Cc1ccc2ncn(Cc3ccccc3)c(=O)c2c1. The molecule has 120 valence electrons. The van der Waals surface area contributed by atoms with Gasteiger partial charge in [0, 0.05) is 5.56 Å². The van der Waals surface area contributed by atoms with E-state index >= 15 is 0 Å². The quantitative estimate of drug-likeness (QED) is 0.530. The molecule has 0 aliphatic rings. The van der Waals surface area contributed by atoms with Gasteiger partial charge < -0.3 is 0 Å². The largest absolute Gasteiger partial charge is 0.294 e. The molecule has 0 atom stereocenters. The summed E-state index contributed by atoms with van der Waals surface area (Å²) in [5.41, 5.74) is 5.98. The average molecular weight is 332 g/mol. The van der Waals surface area contributed by atoms with Gasteiger partial charge in [0.1, 0.15) is 8.07 Å². The Hall–Kier alpha value is -2.64. The average Bonchev–Trinajstić information content (AvgIpc) is 2.56. The summed E-state index contributed by atoms with van der Waals surface area (Å²) in [7, 11) is -1.44. The molecule has 0 radical (unpaired) electrons. The van der Waals surface area contributed by atoms with Gasteiger partial charge in [-0.05, 0) is 23.8 Å². The van der Waals surface area contributed by atoms with Gasteiger partial charge in [0.2, 0.25) is 0 Å². The molecule has 1 aromatic heterocycles. The van der Waals surface area contributed by atoms with Gasteiger partial charge in [-0.2, -0.15) is 0 Å². The predicted octanol–water partition coefficient (Wildman–Crippen LogP) is 3.67. The minimum absolute atomic E-state index is 0.0273. The molecular weight excluding hydrogens is 312 g/mol. The lowest BCUT2D eigenvalue weighted by Crippen LogP contribution is -2.21. The molecular formula is C20H20N2OSi. The fraction of sp³-hybridized carbons (Fsp3) is 0.200. The normalized spacial score (nSPS) is 11.1. The summed E-state index contributed by atoms with van der Waals surface area (Å²) in [6, 6.07) is 15.6. The Morgan fingerprint density at radius 3 is 2.54 bits per heavy atom. The van der Waals surface area contributed by atoms with Crippen molar-refractivity contribution in [2.45, 2.75) is 26.2 Å². The molecule has 3 rings (SSSR count). The van der Waals surface area contributed by atoms with Crippen molar-refractivity contribution in [2.24, 2.45) is 0 Å². The van der Waals surface area contributed by atoms with E-state index in [0.29, 0.717) is 17.4 Å². The second-order valence-electron chi connectivity index (χ2n) is 6.90. The molecule has 0 spiro atoms. The molecule has 0 N–H and O–H groups in total. The van der Waals surface area contributed by atoms with E-state index in [1.54, 1.807) is 10.9 Å². The highest BCUT2D eigenvalue weighted by Gasteiger charge is 2.08. The zero-order valence-corrected chi connectivity index (χ0v) is 15.2. The van der Waals surface area contributed by atoms with Gasteiger partial charge in [-0.15, -0.1) is 5.54 Å². The number of hydrogen-bond donors (Lipinski definition) is 0. The summed E-state index contributed by atoms with van der Waals surface area (Å²) >= 11 is 0. The molecule has 0 aliphatic heterocycles. The first-order valence-electron chi connectivity index (χ1n) is 7.99. The Labute approximate surface area is 143 Å². The van der Waals surface area contributed by atoms with Crippen LogP contribution in [-0.2, 0) is 6.54 Å². The van der Waals surface area contributed by atoms with Gasteiger partial charge in [-0.1, -0.05) is 55.9 Å². The van der Waals surface area contributed by atoms with Crippen molar-refractivity contribution < 1.29 is 0 Å². The number of nitrogens with zero attached hydrogens (tertiary/aromatic N) is 2. The summed E-state index contributed by atoms with van der Waals surface area (Å²) in [5, 5.41) is 0.621. The van der Waals surface area contributed by atoms with E-state index in [-0.39, 0.29) is 5.56 Å². The van der Waals surface area contributed by atoms with Crippen LogP contribution in [-0.4, -0.2) is 17.6 Å². The number of rotatable bonds is 2. The fourth-order valence-electron chi connectivity index (χ4n) is 2.39. The molecule has 0 bridgehead atoms. The van der Waals surface area contributed by atoms with Gasteiger partial charge in [-0.25, -0.2) is 4.98 Å². The van der Waals surface area contributed by atoms with Gasteiger partial charge >= 0.3 is 0 Å². The van der Waals surface area contributed by atoms with E-state index in [4.69, 9.17) is 0 Å². The minimum Gasteiger partial charge on any atom is -0.294 e. The first kappa shape index (κ1) is 16.2. The lowest BCUT2D eigenvalue weighted by atomic mass is 10.1. The number of hydrogen-bond acceptors (Lipinski definition) is 2. The van der Waals surface area contributed by atoms with E-state index < -0.39 is 8.07 Å². The van der Waals surface area contributed by atoms with Crippen LogP contribution in [0.15, 0.2) is 59.7 Å². The molecule has 3 aromatic rings. The van der Waals surface area contributed by atoms with Crippen LogP contribution in [0.5, 0.6) is 0 Å². The molecule has 0 saturated heterocycles. The van der Waals surface area contributed by atoms with Crippen molar-refractivity contribution in [3.8, 4) is 11.5 Å². The Morgan fingerprint density at radius 2 is 1.83 bits per heavy atom. The molecule has 0 amide bonds. The van der Waals surface area contributed by atoms with Gasteiger partial charge in [0.05, 0.1) is 23.8 Å². The molecule has 2 aromatic carbocycles. The first-order valence-corrected chi connectivity index (χ1v) is 11.5. The third kappa shape index (κ3) is 3.81. The minimum atomic E-state index is -1.44. The topological polar surface area (TPSA) is 34.9 Å². The number of aromatic nitrogens is 2. The Morgan fingerprint density at radius 1 is 1.08 bits per heavy atom. The third-order valence-corrected chi connectivity index (χ3v) is 4.48. The van der Waals surface area contributed by atoms with Crippen molar-refractivity contribution in [3.63, 3.8) is 0 Å². The zero-order valence-electron chi connectivity index (χ0n) is 14.2. The first-order chi connectivity index (χ1) is 11.4. The Kier molecular flexibility index (Phi) is 4.37. The van der Waals surface area contributed by atoms with Gasteiger partial charge in [0.25, 0.3) is 5.56 Å². The van der Waals surface area contributed by atoms with E-state index in [2.05, 4.69) is 36.1 Å². The van der Waals surface area contributed by atoms with Crippen molar-refractivity contribution in [1.29, 1.82) is 0 Å². The second kappa shape index (κ2) is 6.46. The third-order valence-electron chi connectivity index (χ3n) is 3.60. The summed E-state index contributed by atoms with van der Waals surface area (Å²) < 4.78 is 1.65. The van der Waals surface area contributed by atoms with Crippen LogP contribution in [0, 0.1) is 11.5 Å². The maximum absolute atomic E-state index is 12.8. The predicted molar refractivity (Wildman–Crippen MR) is 102 cm³/mol. The van der Waals surface area contributed by atoms with E-state index in [0.717, 1.165) is 11.1 Å². The van der Waals surface area contributed by atoms with Crippen LogP contribution in [0.1, 0.15) is 11.1 Å². The molecule has 0 fully saturated rings. The molecule has 3 nitrogen and oxygen atoms in total. The van der Waals surface area contributed by atoms with Crippen LogP contribution in [0.4, 0.5) is 0 Å². The van der Waals surface area contributed by atoms with Gasteiger partial charge in [0.15, 0.2) is 0 Å². The van der Waals surface area contributed by atoms with E-state index in [1.807, 2.05) is 48.5 Å². The lowest BCUT2D eigenvalue weighted by molar-refractivity contribution is 0.748. The number of benzene rings is 2. The molecule has 1 heterocycles.